The zero-order chi connectivity index (χ0) is 22.9. The van der Waals surface area contributed by atoms with Crippen LogP contribution in [0.2, 0.25) is 0 Å². The van der Waals surface area contributed by atoms with Crippen molar-refractivity contribution < 1.29 is 43.5 Å². The van der Waals surface area contributed by atoms with Crippen molar-refractivity contribution >= 4 is 16.0 Å². The molecule has 10 nitrogen and oxygen atoms in total. The van der Waals surface area contributed by atoms with Crippen molar-refractivity contribution in [2.45, 2.75) is 56.0 Å². The van der Waals surface area contributed by atoms with Gasteiger partial charge in [0.2, 0.25) is 10.0 Å². The molecule has 172 valence electrons. The fourth-order valence-electron chi connectivity index (χ4n) is 2.67. The highest BCUT2D eigenvalue weighted by Gasteiger charge is 2.31. The molecule has 11 heteroatoms. The predicted octanol–water partition coefficient (Wildman–Crippen LogP) is -0.910. The first-order chi connectivity index (χ1) is 14.1. The molecule has 1 aromatic carbocycles. The lowest BCUT2D eigenvalue weighted by Gasteiger charge is -2.25. The summed E-state index contributed by atoms with van der Waals surface area (Å²) >= 11 is 0. The fraction of sp³-hybridized carbons (Fsp3) is 0.632. The molecule has 0 aliphatic carbocycles. The maximum absolute atomic E-state index is 12.7. The molecule has 0 heterocycles. The van der Waals surface area contributed by atoms with Crippen molar-refractivity contribution in [3.63, 3.8) is 0 Å². The van der Waals surface area contributed by atoms with E-state index >= 15 is 0 Å². The fourth-order valence-corrected chi connectivity index (χ4v) is 4.29. The summed E-state index contributed by atoms with van der Waals surface area (Å²) in [6.45, 7) is 3.02. The Bertz CT molecular complexity index is 748. The maximum Gasteiger partial charge on any atom is 0.338 e. The van der Waals surface area contributed by atoms with Gasteiger partial charge in [0.25, 0.3) is 0 Å². The van der Waals surface area contributed by atoms with Crippen molar-refractivity contribution in [1.82, 2.24) is 4.31 Å². The van der Waals surface area contributed by atoms with E-state index in [1.165, 1.54) is 28.6 Å². The summed E-state index contributed by atoms with van der Waals surface area (Å²) in [6, 6.07) is 5.13. The second kappa shape index (κ2) is 12.3. The second-order valence-corrected chi connectivity index (χ2v) is 8.76. The molecule has 1 rings (SSSR count). The lowest BCUT2D eigenvalue weighted by atomic mass is 10.0. The largest absolute Gasteiger partial charge is 0.459 e. The number of benzene rings is 1. The Balaban J connectivity index is 2.78. The van der Waals surface area contributed by atoms with Crippen LogP contribution >= 0.6 is 0 Å². The number of carbonyl (C=O) groups excluding carboxylic acids is 1. The number of aliphatic hydroxyl groups excluding tert-OH is 5. The van der Waals surface area contributed by atoms with Gasteiger partial charge in [-0.1, -0.05) is 13.8 Å². The minimum absolute atomic E-state index is 0.0316. The molecule has 5 N–H and O–H groups in total. The third-order valence-electron chi connectivity index (χ3n) is 4.38. The molecular formula is C19H31NO9S. The normalized spacial score (nSPS) is 16.1. The van der Waals surface area contributed by atoms with Crippen LogP contribution in [0.1, 0.15) is 37.0 Å². The van der Waals surface area contributed by atoms with E-state index in [-0.39, 0.29) is 10.5 Å². The molecule has 0 spiro atoms. The number of rotatable bonds is 13. The topological polar surface area (TPSA) is 165 Å². The van der Waals surface area contributed by atoms with Gasteiger partial charge in [0.1, 0.15) is 31.0 Å². The lowest BCUT2D eigenvalue weighted by molar-refractivity contribution is -0.124. The number of carbonyl (C=O) groups is 1. The number of ether oxygens (including phenoxy) is 1. The molecule has 0 bridgehead atoms. The number of nitrogens with zero attached hydrogens (tertiary/aromatic N) is 1. The maximum atomic E-state index is 12.7. The quantitative estimate of drug-likeness (QED) is 0.240. The number of aliphatic hydroxyl groups is 5. The molecule has 30 heavy (non-hydrogen) atoms. The third kappa shape index (κ3) is 6.98. The lowest BCUT2D eigenvalue weighted by Crippen LogP contribution is -2.47. The molecular weight excluding hydrogens is 418 g/mol. The Kier molecular flexibility index (Phi) is 10.8. The molecule has 0 amide bonds. The highest BCUT2D eigenvalue weighted by atomic mass is 32.2. The first kappa shape index (κ1) is 26.4. The Hall–Kier alpha value is -1.60. The molecule has 0 aliphatic heterocycles. The summed E-state index contributed by atoms with van der Waals surface area (Å²) in [4.78, 5) is 12.1. The number of hydrogen-bond donors (Lipinski definition) is 5. The molecule has 1 aromatic rings. The zero-order valence-electron chi connectivity index (χ0n) is 17.1. The standard InChI is InChI=1S/C19H31NO9S/c1-3-9-20(10-4-2)30(27,28)14-7-5-13(6-8-14)19(26)29-12-16(23)18(25)17(24)15(22)11-21/h5-8,15-18,21-25H,3-4,9-12H2,1-2H3/t15-,16+,17-,18-/m0/s1. The Morgan fingerprint density at radius 2 is 1.47 bits per heavy atom. The molecule has 0 saturated carbocycles. The van der Waals surface area contributed by atoms with E-state index in [0.29, 0.717) is 25.9 Å². The Morgan fingerprint density at radius 1 is 0.967 bits per heavy atom. The average molecular weight is 450 g/mol. The van der Waals surface area contributed by atoms with Gasteiger partial charge < -0.3 is 30.3 Å². The van der Waals surface area contributed by atoms with Crippen LogP contribution in [0.5, 0.6) is 0 Å². The van der Waals surface area contributed by atoms with Crippen molar-refractivity contribution in [3.8, 4) is 0 Å². The van der Waals surface area contributed by atoms with Crippen LogP contribution in [0.15, 0.2) is 29.2 Å². The van der Waals surface area contributed by atoms with Gasteiger partial charge in [-0.25, -0.2) is 13.2 Å². The monoisotopic (exact) mass is 449 g/mol. The van der Waals surface area contributed by atoms with Gasteiger partial charge in [0.15, 0.2) is 0 Å². The summed E-state index contributed by atoms with van der Waals surface area (Å²) in [5, 5.41) is 47.0. The SMILES string of the molecule is CCCN(CCC)S(=O)(=O)c1ccc(C(=O)OC[C@@H](O)[C@H](O)[C@@H](O)[C@@H](O)CO)cc1. The van der Waals surface area contributed by atoms with Gasteiger partial charge >= 0.3 is 5.97 Å². The minimum atomic E-state index is -3.69. The van der Waals surface area contributed by atoms with E-state index in [9.17, 15) is 33.6 Å². The van der Waals surface area contributed by atoms with Crippen molar-refractivity contribution in [1.29, 1.82) is 0 Å². The predicted molar refractivity (Wildman–Crippen MR) is 107 cm³/mol. The van der Waals surface area contributed by atoms with Gasteiger partial charge in [-0.2, -0.15) is 4.31 Å². The molecule has 0 radical (unpaired) electrons. The summed E-state index contributed by atoms with van der Waals surface area (Å²) in [7, 11) is -3.69. The van der Waals surface area contributed by atoms with E-state index in [1.807, 2.05) is 13.8 Å². The molecule has 0 unspecified atom stereocenters. The number of esters is 1. The van der Waals surface area contributed by atoms with E-state index in [0.717, 1.165) is 0 Å². The van der Waals surface area contributed by atoms with Crippen LogP contribution < -0.4 is 0 Å². The molecule has 4 atom stereocenters. The molecule has 0 aromatic heterocycles. The van der Waals surface area contributed by atoms with E-state index in [2.05, 4.69) is 0 Å². The summed E-state index contributed by atoms with van der Waals surface area (Å²) < 4.78 is 31.7. The van der Waals surface area contributed by atoms with Gasteiger partial charge in [-0.3, -0.25) is 0 Å². The molecule has 0 fully saturated rings. The van der Waals surface area contributed by atoms with Crippen LogP contribution in [-0.4, -0.2) is 94.9 Å². The van der Waals surface area contributed by atoms with Crippen molar-refractivity contribution in [3.05, 3.63) is 29.8 Å². The van der Waals surface area contributed by atoms with Crippen molar-refractivity contribution in [2.24, 2.45) is 0 Å². The first-order valence-electron chi connectivity index (χ1n) is 9.70. The number of hydrogen-bond acceptors (Lipinski definition) is 9. The van der Waals surface area contributed by atoms with Gasteiger partial charge in [-0.15, -0.1) is 0 Å². The Morgan fingerprint density at radius 3 is 1.93 bits per heavy atom. The highest BCUT2D eigenvalue weighted by molar-refractivity contribution is 7.89. The zero-order valence-corrected chi connectivity index (χ0v) is 17.9. The van der Waals surface area contributed by atoms with Crippen LogP contribution in [0, 0.1) is 0 Å². The van der Waals surface area contributed by atoms with Crippen LogP contribution in [0.25, 0.3) is 0 Å². The smallest absolute Gasteiger partial charge is 0.338 e. The van der Waals surface area contributed by atoms with Gasteiger partial charge in [-0.05, 0) is 37.1 Å². The third-order valence-corrected chi connectivity index (χ3v) is 6.30. The van der Waals surface area contributed by atoms with Crippen molar-refractivity contribution in [2.75, 3.05) is 26.3 Å². The highest BCUT2D eigenvalue weighted by Crippen LogP contribution is 2.18. The summed E-state index contributed by atoms with van der Waals surface area (Å²) in [6.07, 6.45) is -5.72. The summed E-state index contributed by atoms with van der Waals surface area (Å²) in [5.41, 5.74) is 0.0316. The second-order valence-electron chi connectivity index (χ2n) is 6.83. The van der Waals surface area contributed by atoms with E-state index < -0.39 is 53.6 Å². The van der Waals surface area contributed by atoms with Gasteiger partial charge in [0.05, 0.1) is 17.1 Å². The van der Waals surface area contributed by atoms with Crippen LogP contribution in [-0.2, 0) is 14.8 Å². The molecule has 0 aliphatic rings. The average Bonchev–Trinajstić information content (AvgIpc) is 2.75. The van der Waals surface area contributed by atoms with Crippen LogP contribution in [0.4, 0.5) is 0 Å². The van der Waals surface area contributed by atoms with E-state index in [4.69, 9.17) is 9.84 Å². The number of sulfonamides is 1. The van der Waals surface area contributed by atoms with E-state index in [1.54, 1.807) is 0 Å². The minimum Gasteiger partial charge on any atom is -0.459 e. The van der Waals surface area contributed by atoms with Gasteiger partial charge in [0, 0.05) is 13.1 Å². The molecule has 0 saturated heterocycles. The first-order valence-corrected chi connectivity index (χ1v) is 11.1. The Labute approximate surface area is 176 Å². The van der Waals surface area contributed by atoms with Crippen LogP contribution in [0.3, 0.4) is 0 Å². The summed E-state index contributed by atoms with van der Waals surface area (Å²) in [5.74, 6) is -0.874.